The normalized spacial score (nSPS) is 13.2. The van der Waals surface area contributed by atoms with Gasteiger partial charge in [0.05, 0.1) is 0 Å². The molecule has 0 heterocycles. The maximum absolute atomic E-state index is 5.85. The fourth-order valence-electron chi connectivity index (χ4n) is 1.23. The summed E-state index contributed by atoms with van der Waals surface area (Å²) in [5, 5.41) is 0. The molecule has 1 rings (SSSR count). The molecule has 2 N–H and O–H groups in total. The van der Waals surface area contributed by atoms with E-state index in [-0.39, 0.29) is 6.04 Å². The first-order valence-corrected chi connectivity index (χ1v) is 6.96. The molecule has 0 fully saturated rings. The van der Waals surface area contributed by atoms with E-state index < -0.39 is 0 Å². The van der Waals surface area contributed by atoms with Gasteiger partial charge in [-0.1, -0.05) is 35.8 Å². The molecule has 0 aliphatic heterocycles. The van der Waals surface area contributed by atoms with Gasteiger partial charge in [-0.15, -0.1) is 11.8 Å². The summed E-state index contributed by atoms with van der Waals surface area (Å²) in [6, 6.07) is 6.50. The van der Waals surface area contributed by atoms with Crippen LogP contribution in [-0.4, -0.2) is 5.75 Å². The van der Waals surface area contributed by atoms with Crippen LogP contribution >= 0.6 is 27.7 Å². The quantitative estimate of drug-likeness (QED) is 0.840. The number of benzene rings is 1. The van der Waals surface area contributed by atoms with Gasteiger partial charge in [-0.05, 0) is 30.5 Å². The third kappa shape index (κ3) is 4.17. The van der Waals surface area contributed by atoms with E-state index in [2.05, 4.69) is 48.0 Å². The highest BCUT2D eigenvalue weighted by Crippen LogP contribution is 2.28. The molecule has 0 saturated carbocycles. The molecule has 0 amide bonds. The fraction of sp³-hybridized carbons (Fsp3) is 0.500. The molecule has 3 heteroatoms. The molecule has 1 nitrogen and oxygen atoms in total. The molecule has 1 aromatic carbocycles. The maximum atomic E-state index is 5.85. The first-order valence-electron chi connectivity index (χ1n) is 5.18. The minimum Gasteiger partial charge on any atom is -0.324 e. The zero-order valence-electron chi connectivity index (χ0n) is 9.46. The van der Waals surface area contributed by atoms with Crippen LogP contribution in [0.25, 0.3) is 0 Å². The Morgan fingerprint density at radius 2 is 2.00 bits per heavy atom. The molecule has 0 aliphatic rings. The van der Waals surface area contributed by atoms with E-state index in [0.29, 0.717) is 0 Å². The lowest BCUT2D eigenvalue weighted by molar-refractivity contribution is 0.750. The van der Waals surface area contributed by atoms with Gasteiger partial charge in [-0.3, -0.25) is 0 Å². The Bertz CT molecular complexity index is 323. The average molecular weight is 288 g/mol. The van der Waals surface area contributed by atoms with Gasteiger partial charge in [0.15, 0.2) is 0 Å². The third-order valence-corrected chi connectivity index (χ3v) is 4.15. The molecule has 15 heavy (non-hydrogen) atoms. The largest absolute Gasteiger partial charge is 0.324 e. The van der Waals surface area contributed by atoms with E-state index in [4.69, 9.17) is 5.73 Å². The number of hydrogen-bond donors (Lipinski definition) is 1. The van der Waals surface area contributed by atoms with Crippen LogP contribution in [0.3, 0.4) is 0 Å². The van der Waals surface area contributed by atoms with Crippen LogP contribution in [0.15, 0.2) is 27.6 Å². The number of rotatable bonds is 4. The van der Waals surface area contributed by atoms with Crippen LogP contribution in [0, 0.1) is 5.92 Å². The topological polar surface area (TPSA) is 26.0 Å². The summed E-state index contributed by atoms with van der Waals surface area (Å²) in [5.41, 5.74) is 7.02. The predicted molar refractivity (Wildman–Crippen MR) is 72.3 cm³/mol. The standard InChI is InChI=1S/C12H18BrNS/c1-8(2)7-15-10-4-5-11(9(3)14)12(13)6-10/h4-6,8-9H,7,14H2,1-3H3/t9-/m0/s1. The minimum atomic E-state index is 0.0866. The molecule has 0 saturated heterocycles. The van der Waals surface area contributed by atoms with E-state index in [1.165, 1.54) is 10.5 Å². The van der Waals surface area contributed by atoms with Crippen LogP contribution in [0.4, 0.5) is 0 Å². The highest BCUT2D eigenvalue weighted by Gasteiger charge is 2.06. The summed E-state index contributed by atoms with van der Waals surface area (Å²) in [6.07, 6.45) is 0. The van der Waals surface area contributed by atoms with Crippen molar-refractivity contribution in [3.05, 3.63) is 28.2 Å². The molecule has 84 valence electrons. The smallest absolute Gasteiger partial charge is 0.0277 e. The first-order chi connectivity index (χ1) is 7.00. The molecule has 0 radical (unpaired) electrons. The molecule has 1 aromatic rings. The van der Waals surface area contributed by atoms with Crippen LogP contribution in [0.1, 0.15) is 32.4 Å². The lowest BCUT2D eigenvalue weighted by atomic mass is 10.1. The molecule has 0 spiro atoms. The third-order valence-electron chi connectivity index (χ3n) is 2.05. The second kappa shape index (κ2) is 5.92. The number of nitrogens with two attached hydrogens (primary N) is 1. The van der Waals surface area contributed by atoms with Crippen molar-refractivity contribution in [2.24, 2.45) is 11.7 Å². The molecular weight excluding hydrogens is 270 g/mol. The van der Waals surface area contributed by atoms with Crippen molar-refractivity contribution in [3.8, 4) is 0 Å². The second-order valence-corrected chi connectivity index (χ2v) is 6.12. The highest BCUT2D eigenvalue weighted by atomic mass is 79.9. The Balaban J connectivity index is 2.73. The van der Waals surface area contributed by atoms with Gasteiger partial charge in [-0.25, -0.2) is 0 Å². The zero-order chi connectivity index (χ0) is 11.4. The van der Waals surface area contributed by atoms with Crippen LogP contribution in [-0.2, 0) is 0 Å². The van der Waals surface area contributed by atoms with Gasteiger partial charge in [0.2, 0.25) is 0 Å². The summed E-state index contributed by atoms with van der Waals surface area (Å²) in [5.74, 6) is 1.88. The fourth-order valence-corrected chi connectivity index (χ4v) is 3.01. The van der Waals surface area contributed by atoms with Crippen LogP contribution < -0.4 is 5.73 Å². The van der Waals surface area contributed by atoms with Crippen LogP contribution in [0.2, 0.25) is 0 Å². The van der Waals surface area contributed by atoms with Crippen molar-refractivity contribution in [1.82, 2.24) is 0 Å². The van der Waals surface area contributed by atoms with Gasteiger partial charge in [0.1, 0.15) is 0 Å². The molecule has 0 aromatic heterocycles. The van der Waals surface area contributed by atoms with Gasteiger partial charge in [0, 0.05) is 21.2 Å². The number of hydrogen-bond acceptors (Lipinski definition) is 2. The highest BCUT2D eigenvalue weighted by molar-refractivity contribution is 9.10. The number of halogens is 1. The van der Waals surface area contributed by atoms with E-state index in [1.54, 1.807) is 0 Å². The summed E-state index contributed by atoms with van der Waals surface area (Å²) in [6.45, 7) is 6.47. The Hall–Kier alpha value is 0.01000. The second-order valence-electron chi connectivity index (χ2n) is 4.18. The van der Waals surface area contributed by atoms with E-state index in [0.717, 1.165) is 16.1 Å². The maximum Gasteiger partial charge on any atom is 0.0277 e. The minimum absolute atomic E-state index is 0.0866. The van der Waals surface area contributed by atoms with Crippen molar-refractivity contribution in [2.75, 3.05) is 5.75 Å². The number of thioether (sulfide) groups is 1. The lowest BCUT2D eigenvalue weighted by Gasteiger charge is -2.10. The van der Waals surface area contributed by atoms with Gasteiger partial charge >= 0.3 is 0 Å². The van der Waals surface area contributed by atoms with Gasteiger partial charge in [0.25, 0.3) is 0 Å². The summed E-state index contributed by atoms with van der Waals surface area (Å²) in [4.78, 5) is 1.31. The van der Waals surface area contributed by atoms with E-state index >= 15 is 0 Å². The van der Waals surface area contributed by atoms with Crippen molar-refractivity contribution in [2.45, 2.75) is 31.7 Å². The Kier molecular flexibility index (Phi) is 5.16. The first kappa shape index (κ1) is 13.1. The van der Waals surface area contributed by atoms with Crippen molar-refractivity contribution in [1.29, 1.82) is 0 Å². The Morgan fingerprint density at radius 3 is 2.47 bits per heavy atom. The SMILES string of the molecule is CC(C)CSc1ccc([C@H](C)N)c(Br)c1. The average Bonchev–Trinajstić information content (AvgIpc) is 2.14. The van der Waals surface area contributed by atoms with Crippen molar-refractivity contribution < 1.29 is 0 Å². The molecule has 0 unspecified atom stereocenters. The Labute approximate surface area is 105 Å². The van der Waals surface area contributed by atoms with Gasteiger partial charge < -0.3 is 5.73 Å². The predicted octanol–water partition coefficient (Wildman–Crippen LogP) is 4.22. The van der Waals surface area contributed by atoms with Crippen molar-refractivity contribution in [3.63, 3.8) is 0 Å². The van der Waals surface area contributed by atoms with Crippen molar-refractivity contribution >= 4 is 27.7 Å². The molecule has 0 aliphatic carbocycles. The summed E-state index contributed by atoms with van der Waals surface area (Å²) >= 11 is 5.45. The van der Waals surface area contributed by atoms with Gasteiger partial charge in [-0.2, -0.15) is 0 Å². The zero-order valence-corrected chi connectivity index (χ0v) is 11.9. The van der Waals surface area contributed by atoms with Crippen LogP contribution in [0.5, 0.6) is 0 Å². The summed E-state index contributed by atoms with van der Waals surface area (Å²) in [7, 11) is 0. The van der Waals surface area contributed by atoms with E-state index in [9.17, 15) is 0 Å². The Morgan fingerprint density at radius 1 is 1.33 bits per heavy atom. The van der Waals surface area contributed by atoms with E-state index in [1.807, 2.05) is 18.7 Å². The molecule has 1 atom stereocenters. The monoisotopic (exact) mass is 287 g/mol. The lowest BCUT2D eigenvalue weighted by Crippen LogP contribution is -2.05. The molecular formula is C12H18BrNS. The molecule has 0 bridgehead atoms. The summed E-state index contributed by atoms with van der Waals surface area (Å²) < 4.78 is 1.12.